The van der Waals surface area contributed by atoms with Gasteiger partial charge in [0.25, 0.3) is 0 Å². The molecular weight excluding hydrogens is 276 g/mol. The van der Waals surface area contributed by atoms with Crippen LogP contribution in [0.5, 0.6) is 5.75 Å². The second kappa shape index (κ2) is 5.65. The molecule has 2 aromatic rings. The van der Waals surface area contributed by atoms with E-state index in [-0.39, 0.29) is 6.10 Å². The van der Waals surface area contributed by atoms with Crippen molar-refractivity contribution in [3.63, 3.8) is 0 Å². The molecule has 4 rings (SSSR count). The number of para-hydroxylation sites is 1. The lowest BCUT2D eigenvalue weighted by atomic mass is 10.1. The average molecular weight is 298 g/mol. The standard InChI is InChI=1S/C17H22N4O/c1-12-6-17-19-9-13(11-21(17)20-12)8-18-10-15-7-14-4-2-3-5-16(14)22-15/h2-6,13,15,18-19H,7-11H2,1H3/t13-,15-/m0/s1. The van der Waals surface area contributed by atoms with Crippen molar-refractivity contribution in [1.29, 1.82) is 0 Å². The van der Waals surface area contributed by atoms with Gasteiger partial charge in [0.05, 0.1) is 5.69 Å². The molecule has 1 aromatic heterocycles. The van der Waals surface area contributed by atoms with Crippen molar-refractivity contribution in [2.45, 2.75) is 26.0 Å². The van der Waals surface area contributed by atoms with Crippen molar-refractivity contribution < 1.29 is 4.74 Å². The molecule has 116 valence electrons. The summed E-state index contributed by atoms with van der Waals surface area (Å²) in [4.78, 5) is 0. The highest BCUT2D eigenvalue weighted by Gasteiger charge is 2.23. The fraction of sp³-hybridized carbons (Fsp3) is 0.471. The summed E-state index contributed by atoms with van der Waals surface area (Å²) in [5.41, 5.74) is 2.40. The molecule has 0 radical (unpaired) electrons. The first kappa shape index (κ1) is 13.6. The van der Waals surface area contributed by atoms with Gasteiger partial charge in [0, 0.05) is 44.6 Å². The zero-order valence-corrected chi connectivity index (χ0v) is 12.9. The number of anilines is 1. The molecule has 2 aliphatic heterocycles. The van der Waals surface area contributed by atoms with Crippen LogP contribution in [0.4, 0.5) is 5.82 Å². The Bertz CT molecular complexity index is 641. The third kappa shape index (κ3) is 2.68. The Labute approximate surface area is 130 Å². The molecule has 2 aliphatic rings. The Kier molecular flexibility index (Phi) is 3.50. The summed E-state index contributed by atoms with van der Waals surface area (Å²) < 4.78 is 8.04. The summed E-state index contributed by atoms with van der Waals surface area (Å²) in [5.74, 6) is 2.75. The number of ether oxygens (including phenoxy) is 1. The van der Waals surface area contributed by atoms with Crippen LogP contribution in [0.3, 0.4) is 0 Å². The van der Waals surface area contributed by atoms with Crippen LogP contribution in [0.2, 0.25) is 0 Å². The number of fused-ring (bicyclic) bond motifs is 2. The summed E-state index contributed by atoms with van der Waals surface area (Å²) in [6.45, 7) is 5.91. The molecular formula is C17H22N4O. The molecule has 0 fully saturated rings. The Hall–Kier alpha value is -2.01. The van der Waals surface area contributed by atoms with Gasteiger partial charge in [-0.25, -0.2) is 4.68 Å². The summed E-state index contributed by atoms with van der Waals surface area (Å²) in [7, 11) is 0. The van der Waals surface area contributed by atoms with Gasteiger partial charge in [0.1, 0.15) is 17.7 Å². The highest BCUT2D eigenvalue weighted by atomic mass is 16.5. The molecule has 0 amide bonds. The predicted molar refractivity (Wildman–Crippen MR) is 86.4 cm³/mol. The maximum absolute atomic E-state index is 5.96. The van der Waals surface area contributed by atoms with E-state index in [2.05, 4.69) is 44.7 Å². The molecule has 0 bridgehead atoms. The minimum atomic E-state index is 0.261. The van der Waals surface area contributed by atoms with Crippen molar-refractivity contribution in [1.82, 2.24) is 15.1 Å². The molecule has 2 N–H and O–H groups in total. The van der Waals surface area contributed by atoms with E-state index < -0.39 is 0 Å². The van der Waals surface area contributed by atoms with Gasteiger partial charge in [-0.3, -0.25) is 0 Å². The van der Waals surface area contributed by atoms with Crippen LogP contribution in [-0.4, -0.2) is 35.5 Å². The maximum Gasteiger partial charge on any atom is 0.124 e. The van der Waals surface area contributed by atoms with Crippen LogP contribution in [0.1, 0.15) is 11.3 Å². The number of benzene rings is 1. The zero-order valence-electron chi connectivity index (χ0n) is 12.9. The van der Waals surface area contributed by atoms with Gasteiger partial charge >= 0.3 is 0 Å². The highest BCUT2D eigenvalue weighted by Crippen LogP contribution is 2.27. The number of hydrogen-bond acceptors (Lipinski definition) is 4. The maximum atomic E-state index is 5.96. The molecule has 2 atom stereocenters. The lowest BCUT2D eigenvalue weighted by Crippen LogP contribution is -2.39. The van der Waals surface area contributed by atoms with Crippen molar-refractivity contribution >= 4 is 5.82 Å². The van der Waals surface area contributed by atoms with E-state index in [1.807, 2.05) is 13.0 Å². The van der Waals surface area contributed by atoms with Crippen LogP contribution < -0.4 is 15.4 Å². The van der Waals surface area contributed by atoms with Crippen molar-refractivity contribution in [2.24, 2.45) is 5.92 Å². The molecule has 5 nitrogen and oxygen atoms in total. The molecule has 0 unspecified atom stereocenters. The van der Waals surface area contributed by atoms with Crippen LogP contribution in [0.25, 0.3) is 0 Å². The van der Waals surface area contributed by atoms with Gasteiger partial charge < -0.3 is 15.4 Å². The molecule has 3 heterocycles. The van der Waals surface area contributed by atoms with E-state index in [0.29, 0.717) is 5.92 Å². The van der Waals surface area contributed by atoms with Crippen molar-refractivity contribution in [2.75, 3.05) is 25.0 Å². The quantitative estimate of drug-likeness (QED) is 0.904. The van der Waals surface area contributed by atoms with Crippen LogP contribution in [0.15, 0.2) is 30.3 Å². The average Bonchev–Trinajstić information content (AvgIpc) is 3.08. The van der Waals surface area contributed by atoms with Crippen LogP contribution >= 0.6 is 0 Å². The number of aryl methyl sites for hydroxylation is 1. The van der Waals surface area contributed by atoms with Crippen LogP contribution in [-0.2, 0) is 13.0 Å². The second-order valence-electron chi connectivity index (χ2n) is 6.31. The van der Waals surface area contributed by atoms with Crippen molar-refractivity contribution in [3.05, 3.63) is 41.6 Å². The lowest BCUT2D eigenvalue weighted by Gasteiger charge is -2.25. The Morgan fingerprint density at radius 3 is 3.18 bits per heavy atom. The van der Waals surface area contributed by atoms with Crippen molar-refractivity contribution in [3.8, 4) is 5.75 Å². The SMILES string of the molecule is Cc1cc2n(n1)C[C@@H](CNC[C@@H]1Cc3ccccc3O1)CN2. The monoisotopic (exact) mass is 298 g/mol. The zero-order chi connectivity index (χ0) is 14.9. The molecule has 22 heavy (non-hydrogen) atoms. The van der Waals surface area contributed by atoms with Crippen LogP contribution in [0, 0.1) is 12.8 Å². The Morgan fingerprint density at radius 2 is 2.27 bits per heavy atom. The van der Waals surface area contributed by atoms with E-state index in [0.717, 1.165) is 49.9 Å². The first-order valence-corrected chi connectivity index (χ1v) is 8.01. The van der Waals surface area contributed by atoms with Gasteiger partial charge in [-0.15, -0.1) is 0 Å². The fourth-order valence-electron chi connectivity index (χ4n) is 3.34. The normalized spacial score (nSPS) is 22.6. The van der Waals surface area contributed by atoms with Gasteiger partial charge in [-0.05, 0) is 18.6 Å². The van der Waals surface area contributed by atoms with E-state index in [1.165, 1.54) is 5.56 Å². The molecule has 0 spiro atoms. The highest BCUT2D eigenvalue weighted by molar-refractivity contribution is 5.38. The summed E-state index contributed by atoms with van der Waals surface area (Å²) >= 11 is 0. The van der Waals surface area contributed by atoms with E-state index in [4.69, 9.17) is 4.74 Å². The van der Waals surface area contributed by atoms with Gasteiger partial charge in [-0.2, -0.15) is 5.10 Å². The third-order valence-electron chi connectivity index (χ3n) is 4.42. The number of nitrogens with one attached hydrogen (secondary N) is 2. The number of rotatable bonds is 4. The lowest BCUT2D eigenvalue weighted by molar-refractivity contribution is 0.223. The minimum Gasteiger partial charge on any atom is -0.488 e. The summed E-state index contributed by atoms with van der Waals surface area (Å²) in [6, 6.07) is 10.4. The molecule has 5 heteroatoms. The minimum absolute atomic E-state index is 0.261. The Balaban J connectivity index is 1.25. The topological polar surface area (TPSA) is 51.1 Å². The van der Waals surface area contributed by atoms with E-state index in [9.17, 15) is 0 Å². The third-order valence-corrected chi connectivity index (χ3v) is 4.42. The smallest absolute Gasteiger partial charge is 0.124 e. The molecule has 0 saturated carbocycles. The van der Waals surface area contributed by atoms with E-state index in [1.54, 1.807) is 0 Å². The first-order valence-electron chi connectivity index (χ1n) is 8.01. The fourth-order valence-corrected chi connectivity index (χ4v) is 3.34. The number of nitrogens with zero attached hydrogens (tertiary/aromatic N) is 2. The summed E-state index contributed by atoms with van der Waals surface area (Å²) in [5, 5.41) is 11.5. The van der Waals surface area contributed by atoms with Gasteiger partial charge in [-0.1, -0.05) is 18.2 Å². The predicted octanol–water partition coefficient (Wildman–Crippen LogP) is 1.83. The molecule has 1 aromatic carbocycles. The Morgan fingerprint density at radius 1 is 1.36 bits per heavy atom. The first-order chi connectivity index (χ1) is 10.8. The van der Waals surface area contributed by atoms with Gasteiger partial charge in [0.15, 0.2) is 0 Å². The number of aromatic nitrogens is 2. The van der Waals surface area contributed by atoms with Gasteiger partial charge in [0.2, 0.25) is 0 Å². The summed E-state index contributed by atoms with van der Waals surface area (Å²) in [6.07, 6.45) is 1.27. The molecule has 0 saturated heterocycles. The molecule has 0 aliphatic carbocycles. The largest absolute Gasteiger partial charge is 0.488 e. The second-order valence-corrected chi connectivity index (χ2v) is 6.31. The van der Waals surface area contributed by atoms with E-state index >= 15 is 0 Å². The number of hydrogen-bond donors (Lipinski definition) is 2.